The highest BCUT2D eigenvalue weighted by Gasteiger charge is 2.18. The van der Waals surface area contributed by atoms with Crippen molar-refractivity contribution in [1.29, 1.82) is 0 Å². The molecule has 0 aromatic heterocycles. The van der Waals surface area contributed by atoms with Gasteiger partial charge in [0, 0.05) is 25.4 Å². The molecule has 0 aliphatic carbocycles. The molecule has 0 saturated heterocycles. The SMILES string of the molecule is CCCCOCCOCCOCCNCC(C)(O)CSC. The summed E-state index contributed by atoms with van der Waals surface area (Å²) in [5.41, 5.74) is -0.652. The fourth-order valence-electron chi connectivity index (χ4n) is 1.65. The third kappa shape index (κ3) is 16.3. The molecule has 0 fully saturated rings. The molecule has 2 N–H and O–H groups in total. The molecule has 0 heterocycles. The Kier molecular flexibility index (Phi) is 15.2. The lowest BCUT2D eigenvalue weighted by Gasteiger charge is -2.22. The molecule has 0 rings (SSSR count). The van der Waals surface area contributed by atoms with Gasteiger partial charge in [0.2, 0.25) is 0 Å². The fraction of sp³-hybridized carbons (Fsp3) is 1.00. The molecule has 5 nitrogen and oxygen atoms in total. The number of rotatable bonds is 16. The Hall–Kier alpha value is 0.150. The molecule has 0 radical (unpaired) electrons. The molecule has 0 spiro atoms. The third-order valence-corrected chi connectivity index (χ3v) is 3.68. The Morgan fingerprint density at radius 3 is 2.14 bits per heavy atom. The standard InChI is InChI=1S/C15H33NO4S/c1-4-5-7-18-9-11-20-12-10-19-8-6-16-13-15(2,17)14-21-3/h16-17H,4-14H2,1-3H3. The van der Waals surface area contributed by atoms with E-state index in [0.29, 0.717) is 39.6 Å². The molecule has 1 atom stereocenters. The number of hydrogen-bond donors (Lipinski definition) is 2. The van der Waals surface area contributed by atoms with Crippen molar-refractivity contribution in [2.45, 2.75) is 32.3 Å². The summed E-state index contributed by atoms with van der Waals surface area (Å²) in [7, 11) is 0. The van der Waals surface area contributed by atoms with E-state index in [2.05, 4.69) is 12.2 Å². The molecule has 0 aliphatic rings. The Balaban J connectivity index is 3.12. The van der Waals surface area contributed by atoms with Crippen LogP contribution in [0.15, 0.2) is 0 Å². The maximum atomic E-state index is 9.94. The monoisotopic (exact) mass is 323 g/mol. The van der Waals surface area contributed by atoms with Gasteiger partial charge in [-0.3, -0.25) is 0 Å². The van der Waals surface area contributed by atoms with Crippen LogP contribution in [0.25, 0.3) is 0 Å². The van der Waals surface area contributed by atoms with E-state index in [9.17, 15) is 5.11 Å². The van der Waals surface area contributed by atoms with Gasteiger partial charge in [-0.15, -0.1) is 0 Å². The van der Waals surface area contributed by atoms with Crippen molar-refractivity contribution >= 4 is 11.8 Å². The molecule has 0 aromatic carbocycles. The van der Waals surface area contributed by atoms with Gasteiger partial charge in [-0.1, -0.05) is 13.3 Å². The zero-order chi connectivity index (χ0) is 15.8. The van der Waals surface area contributed by atoms with Gasteiger partial charge < -0.3 is 24.6 Å². The van der Waals surface area contributed by atoms with Crippen LogP contribution < -0.4 is 5.32 Å². The van der Waals surface area contributed by atoms with Crippen LogP contribution in [0.4, 0.5) is 0 Å². The summed E-state index contributed by atoms with van der Waals surface area (Å²) >= 11 is 1.65. The van der Waals surface area contributed by atoms with Crippen LogP contribution in [0.2, 0.25) is 0 Å². The second-order valence-electron chi connectivity index (χ2n) is 5.30. The number of hydrogen-bond acceptors (Lipinski definition) is 6. The van der Waals surface area contributed by atoms with Crippen molar-refractivity contribution in [2.75, 3.05) is 64.7 Å². The maximum absolute atomic E-state index is 9.94. The van der Waals surface area contributed by atoms with Crippen molar-refractivity contribution in [3.05, 3.63) is 0 Å². The van der Waals surface area contributed by atoms with E-state index in [1.54, 1.807) is 11.8 Å². The molecule has 0 bridgehead atoms. The molecule has 0 aromatic rings. The Morgan fingerprint density at radius 2 is 1.57 bits per heavy atom. The first-order valence-electron chi connectivity index (χ1n) is 7.77. The molecule has 0 saturated carbocycles. The van der Waals surface area contributed by atoms with Crippen LogP contribution in [0.3, 0.4) is 0 Å². The summed E-state index contributed by atoms with van der Waals surface area (Å²) in [4.78, 5) is 0. The minimum atomic E-state index is -0.652. The number of unbranched alkanes of at least 4 members (excludes halogenated alkanes) is 1. The highest BCUT2D eigenvalue weighted by atomic mass is 32.2. The van der Waals surface area contributed by atoms with Crippen LogP contribution in [-0.2, 0) is 14.2 Å². The molecule has 6 heteroatoms. The van der Waals surface area contributed by atoms with Gasteiger partial charge >= 0.3 is 0 Å². The average molecular weight is 323 g/mol. The van der Waals surface area contributed by atoms with Gasteiger partial charge in [-0.05, 0) is 19.6 Å². The van der Waals surface area contributed by atoms with Crippen LogP contribution in [-0.4, -0.2) is 75.4 Å². The third-order valence-electron chi connectivity index (χ3n) is 2.77. The van der Waals surface area contributed by atoms with Gasteiger partial charge in [-0.25, -0.2) is 0 Å². The van der Waals surface area contributed by atoms with Crippen molar-refractivity contribution in [1.82, 2.24) is 5.32 Å². The normalized spacial score (nSPS) is 14.3. The summed E-state index contributed by atoms with van der Waals surface area (Å²) in [6, 6.07) is 0. The van der Waals surface area contributed by atoms with E-state index in [0.717, 1.165) is 31.7 Å². The Labute approximate surface area is 134 Å². The lowest BCUT2D eigenvalue weighted by atomic mass is 10.1. The minimum absolute atomic E-state index is 0.586. The van der Waals surface area contributed by atoms with Crippen molar-refractivity contribution < 1.29 is 19.3 Å². The number of ether oxygens (including phenoxy) is 3. The number of nitrogens with one attached hydrogen (secondary N) is 1. The van der Waals surface area contributed by atoms with Crippen LogP contribution in [0.1, 0.15) is 26.7 Å². The van der Waals surface area contributed by atoms with E-state index in [1.807, 2.05) is 13.2 Å². The topological polar surface area (TPSA) is 60.0 Å². The largest absolute Gasteiger partial charge is 0.388 e. The minimum Gasteiger partial charge on any atom is -0.388 e. The lowest BCUT2D eigenvalue weighted by molar-refractivity contribution is 0.0137. The fourth-order valence-corrected chi connectivity index (χ4v) is 2.38. The zero-order valence-corrected chi connectivity index (χ0v) is 14.7. The molecule has 0 aliphatic heterocycles. The smallest absolute Gasteiger partial charge is 0.0833 e. The zero-order valence-electron chi connectivity index (χ0n) is 13.9. The summed E-state index contributed by atoms with van der Waals surface area (Å²) in [5.74, 6) is 0.731. The van der Waals surface area contributed by atoms with E-state index < -0.39 is 5.60 Å². The van der Waals surface area contributed by atoms with Crippen molar-refractivity contribution in [3.8, 4) is 0 Å². The second-order valence-corrected chi connectivity index (χ2v) is 6.16. The second kappa shape index (κ2) is 15.1. The molecule has 21 heavy (non-hydrogen) atoms. The highest BCUT2D eigenvalue weighted by molar-refractivity contribution is 7.98. The van der Waals surface area contributed by atoms with Gasteiger partial charge in [0.05, 0.1) is 38.6 Å². The lowest BCUT2D eigenvalue weighted by Crippen LogP contribution is -2.41. The molecule has 128 valence electrons. The van der Waals surface area contributed by atoms with Crippen LogP contribution in [0.5, 0.6) is 0 Å². The predicted molar refractivity (Wildman–Crippen MR) is 89.2 cm³/mol. The first-order chi connectivity index (χ1) is 10.1. The molecule has 0 amide bonds. The van der Waals surface area contributed by atoms with Gasteiger partial charge in [-0.2, -0.15) is 11.8 Å². The molecule has 1 unspecified atom stereocenters. The molecular formula is C15H33NO4S. The van der Waals surface area contributed by atoms with Gasteiger partial charge in [0.1, 0.15) is 0 Å². The number of aliphatic hydroxyl groups is 1. The van der Waals surface area contributed by atoms with Crippen molar-refractivity contribution in [2.24, 2.45) is 0 Å². The first kappa shape index (κ1) is 21.1. The highest BCUT2D eigenvalue weighted by Crippen LogP contribution is 2.08. The Bertz CT molecular complexity index is 218. The van der Waals surface area contributed by atoms with E-state index in [1.165, 1.54) is 0 Å². The van der Waals surface area contributed by atoms with Gasteiger partial charge in [0.15, 0.2) is 0 Å². The first-order valence-corrected chi connectivity index (χ1v) is 9.17. The summed E-state index contributed by atoms with van der Waals surface area (Å²) in [5, 5.41) is 13.1. The summed E-state index contributed by atoms with van der Waals surface area (Å²) < 4.78 is 16.2. The number of thioether (sulfide) groups is 1. The Morgan fingerprint density at radius 1 is 1.00 bits per heavy atom. The van der Waals surface area contributed by atoms with Gasteiger partial charge in [0.25, 0.3) is 0 Å². The molecular weight excluding hydrogens is 290 g/mol. The quantitative estimate of drug-likeness (QED) is 0.420. The summed E-state index contributed by atoms with van der Waals surface area (Å²) in [6.45, 7) is 9.25. The van der Waals surface area contributed by atoms with Crippen LogP contribution >= 0.6 is 11.8 Å². The maximum Gasteiger partial charge on any atom is 0.0833 e. The predicted octanol–water partition coefficient (Wildman–Crippen LogP) is 1.54. The van der Waals surface area contributed by atoms with E-state index in [4.69, 9.17) is 14.2 Å². The van der Waals surface area contributed by atoms with Crippen molar-refractivity contribution in [3.63, 3.8) is 0 Å². The van der Waals surface area contributed by atoms with Crippen LogP contribution in [0, 0.1) is 0 Å². The summed E-state index contributed by atoms with van der Waals surface area (Å²) in [6.07, 6.45) is 4.27. The van der Waals surface area contributed by atoms with E-state index >= 15 is 0 Å². The average Bonchev–Trinajstić information content (AvgIpc) is 2.44. The van der Waals surface area contributed by atoms with E-state index in [-0.39, 0.29) is 0 Å².